The van der Waals surface area contributed by atoms with Crippen molar-refractivity contribution in [3.8, 4) is 0 Å². The lowest BCUT2D eigenvalue weighted by Crippen LogP contribution is -2.12. The van der Waals surface area contributed by atoms with Crippen LogP contribution in [0, 0.1) is 0 Å². The van der Waals surface area contributed by atoms with E-state index in [1.807, 2.05) is 24.3 Å². The first-order valence-electron chi connectivity index (χ1n) is 4.53. The molecule has 0 aliphatic carbocycles. The molecule has 0 saturated heterocycles. The van der Waals surface area contributed by atoms with Crippen molar-refractivity contribution in [1.82, 2.24) is 0 Å². The van der Waals surface area contributed by atoms with Crippen LogP contribution < -0.4 is 0 Å². The van der Waals surface area contributed by atoms with Gasteiger partial charge in [0.2, 0.25) is 0 Å². The summed E-state index contributed by atoms with van der Waals surface area (Å²) in [4.78, 5) is 4.49. The molecular formula is C12H13N. The molecule has 66 valence electrons. The summed E-state index contributed by atoms with van der Waals surface area (Å²) in [5, 5.41) is 0. The summed E-state index contributed by atoms with van der Waals surface area (Å²) in [5.41, 5.74) is 2.50. The highest BCUT2D eigenvalue weighted by Gasteiger charge is 2.41. The van der Waals surface area contributed by atoms with Crippen molar-refractivity contribution in [2.45, 2.75) is 18.9 Å². The maximum Gasteiger partial charge on any atom is 0.104 e. The molecule has 1 unspecified atom stereocenters. The Kier molecular flexibility index (Phi) is 1.80. The second-order valence-electron chi connectivity index (χ2n) is 3.59. The highest BCUT2D eigenvalue weighted by Crippen LogP contribution is 2.35. The molecule has 0 aromatic heterocycles. The molecule has 1 nitrogen and oxygen atoms in total. The van der Waals surface area contributed by atoms with E-state index in [0.29, 0.717) is 0 Å². The van der Waals surface area contributed by atoms with E-state index in [0.717, 1.165) is 6.42 Å². The molecule has 1 aromatic carbocycles. The van der Waals surface area contributed by atoms with Crippen LogP contribution in [-0.4, -0.2) is 11.3 Å². The van der Waals surface area contributed by atoms with Crippen molar-refractivity contribution in [2.24, 2.45) is 4.99 Å². The molecule has 2 rings (SSSR count). The lowest BCUT2D eigenvalue weighted by Gasteiger charge is -2.04. The van der Waals surface area contributed by atoms with Gasteiger partial charge in [-0.15, -0.1) is 6.58 Å². The first-order chi connectivity index (χ1) is 6.26. The Hall–Kier alpha value is -1.37. The molecule has 0 fully saturated rings. The highest BCUT2D eigenvalue weighted by atomic mass is 15.0. The predicted octanol–water partition coefficient (Wildman–Crippen LogP) is 2.82. The van der Waals surface area contributed by atoms with Gasteiger partial charge in [0.25, 0.3) is 0 Å². The third-order valence-electron chi connectivity index (χ3n) is 2.41. The molecule has 0 N–H and O–H groups in total. The van der Waals surface area contributed by atoms with Crippen molar-refractivity contribution in [3.05, 3.63) is 48.6 Å². The molecule has 0 saturated carbocycles. The number of rotatable bonds is 3. The van der Waals surface area contributed by atoms with E-state index in [-0.39, 0.29) is 5.54 Å². The van der Waals surface area contributed by atoms with Crippen molar-refractivity contribution < 1.29 is 0 Å². The predicted molar refractivity (Wildman–Crippen MR) is 56.2 cm³/mol. The Balaban J connectivity index is 2.16. The minimum atomic E-state index is 0.0447. The summed E-state index contributed by atoms with van der Waals surface area (Å²) >= 11 is 0. The summed E-state index contributed by atoms with van der Waals surface area (Å²) in [6.07, 6.45) is 2.87. The van der Waals surface area contributed by atoms with Crippen LogP contribution in [-0.2, 0) is 0 Å². The van der Waals surface area contributed by atoms with Gasteiger partial charge in [-0.3, -0.25) is 4.99 Å². The van der Waals surface area contributed by atoms with E-state index in [1.54, 1.807) is 0 Å². The van der Waals surface area contributed by atoms with Crippen LogP contribution in [0.25, 0.3) is 0 Å². The van der Waals surface area contributed by atoms with Crippen LogP contribution in [0.15, 0.2) is 48.0 Å². The average Bonchev–Trinajstić information content (AvgIpc) is 2.80. The van der Waals surface area contributed by atoms with Crippen LogP contribution in [0.4, 0.5) is 0 Å². The van der Waals surface area contributed by atoms with Gasteiger partial charge in [-0.2, -0.15) is 0 Å². The van der Waals surface area contributed by atoms with Crippen LogP contribution in [0.1, 0.15) is 18.9 Å². The quantitative estimate of drug-likeness (QED) is 0.620. The van der Waals surface area contributed by atoms with Gasteiger partial charge in [-0.25, -0.2) is 0 Å². The monoisotopic (exact) mass is 171 g/mol. The highest BCUT2D eigenvalue weighted by molar-refractivity contribution is 6.16. The minimum absolute atomic E-state index is 0.0447. The molecule has 1 aliphatic rings. The molecule has 1 aliphatic heterocycles. The molecule has 1 aromatic rings. The second kappa shape index (κ2) is 2.84. The fourth-order valence-electron chi connectivity index (χ4n) is 1.61. The molecular weight excluding hydrogens is 158 g/mol. The average molecular weight is 171 g/mol. The fourth-order valence-corrected chi connectivity index (χ4v) is 1.61. The second-order valence-corrected chi connectivity index (χ2v) is 3.59. The Morgan fingerprint density at radius 1 is 1.38 bits per heavy atom. The zero-order valence-electron chi connectivity index (χ0n) is 7.83. The van der Waals surface area contributed by atoms with E-state index in [1.165, 1.54) is 11.3 Å². The van der Waals surface area contributed by atoms with E-state index in [4.69, 9.17) is 0 Å². The Bertz CT molecular complexity index is 351. The topological polar surface area (TPSA) is 12.4 Å². The van der Waals surface area contributed by atoms with Crippen LogP contribution in [0.3, 0.4) is 0 Å². The maximum atomic E-state index is 4.49. The van der Waals surface area contributed by atoms with E-state index in [9.17, 15) is 0 Å². The van der Waals surface area contributed by atoms with Crippen LogP contribution in [0.2, 0.25) is 0 Å². The number of hydrogen-bond donors (Lipinski definition) is 0. The zero-order chi connectivity index (χ0) is 9.31. The molecule has 0 spiro atoms. The first kappa shape index (κ1) is 8.24. The number of hydrogen-bond acceptors (Lipinski definition) is 1. The van der Waals surface area contributed by atoms with Crippen molar-refractivity contribution in [2.75, 3.05) is 0 Å². The van der Waals surface area contributed by atoms with E-state index >= 15 is 0 Å². The van der Waals surface area contributed by atoms with Gasteiger partial charge < -0.3 is 0 Å². The maximum absolute atomic E-state index is 4.49. The van der Waals surface area contributed by atoms with Gasteiger partial charge in [0.05, 0.1) is 5.71 Å². The van der Waals surface area contributed by atoms with E-state index in [2.05, 4.69) is 30.6 Å². The van der Waals surface area contributed by atoms with Crippen molar-refractivity contribution in [3.63, 3.8) is 0 Å². The minimum Gasteiger partial charge on any atom is -0.273 e. The summed E-state index contributed by atoms with van der Waals surface area (Å²) in [5.74, 6) is 0. The molecule has 0 amide bonds. The van der Waals surface area contributed by atoms with Crippen LogP contribution >= 0.6 is 0 Å². The Labute approximate surface area is 78.8 Å². The molecule has 1 heteroatoms. The summed E-state index contributed by atoms with van der Waals surface area (Å²) in [6, 6.07) is 10.3. The normalized spacial score (nSPS) is 25.2. The van der Waals surface area contributed by atoms with Crippen molar-refractivity contribution >= 4 is 5.71 Å². The van der Waals surface area contributed by atoms with Crippen LogP contribution in [0.5, 0.6) is 0 Å². The van der Waals surface area contributed by atoms with Gasteiger partial charge >= 0.3 is 0 Å². The van der Waals surface area contributed by atoms with Gasteiger partial charge in [0.1, 0.15) is 5.54 Å². The molecule has 1 atom stereocenters. The van der Waals surface area contributed by atoms with E-state index < -0.39 is 0 Å². The molecule has 1 heterocycles. The summed E-state index contributed by atoms with van der Waals surface area (Å²) in [6.45, 7) is 5.89. The smallest absolute Gasteiger partial charge is 0.104 e. The van der Waals surface area contributed by atoms with Crippen molar-refractivity contribution in [1.29, 1.82) is 0 Å². The SMILES string of the molecule is C=CCC1(C)N=C1c1ccccc1. The lowest BCUT2D eigenvalue weighted by atomic mass is 9.97. The number of benzene rings is 1. The van der Waals surface area contributed by atoms with Gasteiger partial charge in [0.15, 0.2) is 0 Å². The number of nitrogens with zero attached hydrogens (tertiary/aromatic N) is 1. The van der Waals surface area contributed by atoms with Gasteiger partial charge in [-0.05, 0) is 18.9 Å². The largest absolute Gasteiger partial charge is 0.273 e. The fraction of sp³-hybridized carbons (Fsp3) is 0.250. The third-order valence-corrected chi connectivity index (χ3v) is 2.41. The van der Waals surface area contributed by atoms with Gasteiger partial charge in [0, 0.05) is 0 Å². The third kappa shape index (κ3) is 1.42. The zero-order valence-corrected chi connectivity index (χ0v) is 7.83. The standard InChI is InChI=1S/C12H13N/c1-3-9-12(2)11(13-12)10-7-5-4-6-8-10/h3-8H,1,9H2,2H3. The summed E-state index contributed by atoms with van der Waals surface area (Å²) in [7, 11) is 0. The number of aliphatic imine (C=N–C) groups is 1. The lowest BCUT2D eigenvalue weighted by molar-refractivity contribution is 0.745. The first-order valence-corrected chi connectivity index (χ1v) is 4.53. The summed E-state index contributed by atoms with van der Waals surface area (Å²) < 4.78 is 0. The molecule has 13 heavy (non-hydrogen) atoms. The van der Waals surface area contributed by atoms with Gasteiger partial charge in [-0.1, -0.05) is 36.4 Å². The molecule has 0 bridgehead atoms. The Morgan fingerprint density at radius 3 is 2.69 bits per heavy atom. The Morgan fingerprint density at radius 2 is 2.08 bits per heavy atom. The molecule has 0 radical (unpaired) electrons.